The zero-order valence-corrected chi connectivity index (χ0v) is 16.8. The number of hydrogen-bond donors (Lipinski definition) is 2. The van der Waals surface area contributed by atoms with Crippen LogP contribution in [0.3, 0.4) is 0 Å². The second-order valence-corrected chi connectivity index (χ2v) is 6.55. The van der Waals surface area contributed by atoms with Gasteiger partial charge in [-0.1, -0.05) is 42.5 Å². The first-order valence-electron chi connectivity index (χ1n) is 8.70. The van der Waals surface area contributed by atoms with E-state index in [0.29, 0.717) is 12.2 Å². The number of nitrogens with two attached hydrogens (primary N) is 1. The van der Waals surface area contributed by atoms with Gasteiger partial charge >= 0.3 is 0 Å². The second-order valence-electron chi connectivity index (χ2n) is 6.55. The zero-order valence-electron chi connectivity index (χ0n) is 15.2. The van der Waals surface area contributed by atoms with Gasteiger partial charge in [0.2, 0.25) is 5.91 Å². The SMILES string of the molecule is Cl.Cl.NC(CC(=O)N1CCN(Cc2cccc(O)c2)CC1)c1ccccc1. The predicted molar refractivity (Wildman–Crippen MR) is 112 cm³/mol. The lowest BCUT2D eigenvalue weighted by atomic mass is 10.0. The molecule has 148 valence electrons. The number of rotatable bonds is 5. The topological polar surface area (TPSA) is 69.8 Å². The number of phenolic OH excluding ortho intramolecular Hbond substituents is 1. The molecule has 7 heteroatoms. The fourth-order valence-corrected chi connectivity index (χ4v) is 3.20. The third-order valence-corrected chi connectivity index (χ3v) is 4.66. The van der Waals surface area contributed by atoms with Gasteiger partial charge in [-0.2, -0.15) is 0 Å². The van der Waals surface area contributed by atoms with E-state index in [2.05, 4.69) is 4.90 Å². The molecular formula is C20H27Cl2N3O2. The predicted octanol–water partition coefficient (Wildman–Crippen LogP) is 2.97. The molecule has 0 spiro atoms. The molecule has 3 rings (SSSR count). The Bertz CT molecular complexity index is 707. The van der Waals surface area contributed by atoms with E-state index in [4.69, 9.17) is 5.73 Å². The van der Waals surface area contributed by atoms with E-state index in [1.807, 2.05) is 47.4 Å². The van der Waals surface area contributed by atoms with Gasteiger partial charge < -0.3 is 15.7 Å². The number of halogens is 2. The average molecular weight is 412 g/mol. The van der Waals surface area contributed by atoms with Crippen LogP contribution < -0.4 is 5.73 Å². The van der Waals surface area contributed by atoms with Crippen molar-refractivity contribution >= 4 is 30.7 Å². The molecule has 0 bridgehead atoms. The van der Waals surface area contributed by atoms with Gasteiger partial charge in [-0.25, -0.2) is 0 Å². The van der Waals surface area contributed by atoms with Crippen LogP contribution in [0.4, 0.5) is 0 Å². The summed E-state index contributed by atoms with van der Waals surface area (Å²) in [4.78, 5) is 16.7. The summed E-state index contributed by atoms with van der Waals surface area (Å²) in [6, 6.07) is 16.8. The summed E-state index contributed by atoms with van der Waals surface area (Å²) in [5.41, 5.74) is 8.25. The van der Waals surface area contributed by atoms with Gasteiger partial charge in [-0.3, -0.25) is 9.69 Å². The molecule has 5 nitrogen and oxygen atoms in total. The maximum Gasteiger partial charge on any atom is 0.224 e. The van der Waals surface area contributed by atoms with Gasteiger partial charge in [-0.05, 0) is 23.3 Å². The monoisotopic (exact) mass is 411 g/mol. The summed E-state index contributed by atoms with van der Waals surface area (Å²) in [5, 5.41) is 9.55. The van der Waals surface area contributed by atoms with E-state index in [0.717, 1.165) is 43.9 Å². The van der Waals surface area contributed by atoms with E-state index < -0.39 is 0 Å². The van der Waals surface area contributed by atoms with Crippen LogP contribution in [-0.2, 0) is 11.3 Å². The van der Waals surface area contributed by atoms with Gasteiger partial charge in [0.15, 0.2) is 0 Å². The Kier molecular flexibility index (Phi) is 9.60. The third-order valence-electron chi connectivity index (χ3n) is 4.66. The minimum Gasteiger partial charge on any atom is -0.508 e. The van der Waals surface area contributed by atoms with E-state index in [-0.39, 0.29) is 36.8 Å². The first kappa shape index (κ1) is 23.2. The number of carbonyl (C=O) groups excluding carboxylic acids is 1. The summed E-state index contributed by atoms with van der Waals surface area (Å²) >= 11 is 0. The lowest BCUT2D eigenvalue weighted by Crippen LogP contribution is -2.48. The van der Waals surface area contributed by atoms with Crippen LogP contribution in [0.1, 0.15) is 23.6 Å². The van der Waals surface area contributed by atoms with Crippen molar-refractivity contribution in [2.24, 2.45) is 5.73 Å². The number of phenols is 1. The van der Waals surface area contributed by atoms with Crippen molar-refractivity contribution in [2.45, 2.75) is 19.0 Å². The quantitative estimate of drug-likeness (QED) is 0.793. The lowest BCUT2D eigenvalue weighted by molar-refractivity contribution is -0.133. The smallest absolute Gasteiger partial charge is 0.224 e. The number of hydrogen-bond acceptors (Lipinski definition) is 4. The fourth-order valence-electron chi connectivity index (χ4n) is 3.20. The van der Waals surface area contributed by atoms with Crippen molar-refractivity contribution in [3.8, 4) is 5.75 Å². The minimum atomic E-state index is -0.251. The first-order valence-corrected chi connectivity index (χ1v) is 8.70. The Morgan fingerprint density at radius 1 is 1.00 bits per heavy atom. The molecule has 1 unspecified atom stereocenters. The summed E-state index contributed by atoms with van der Waals surface area (Å²) in [6.45, 7) is 3.90. The molecule has 1 fully saturated rings. The minimum absolute atomic E-state index is 0. The van der Waals surface area contributed by atoms with Crippen molar-refractivity contribution in [3.63, 3.8) is 0 Å². The Morgan fingerprint density at radius 3 is 2.30 bits per heavy atom. The maximum atomic E-state index is 12.5. The molecule has 0 saturated carbocycles. The molecule has 1 amide bonds. The van der Waals surface area contributed by atoms with Gasteiger partial charge in [0.1, 0.15) is 5.75 Å². The molecule has 0 aliphatic carbocycles. The molecule has 3 N–H and O–H groups in total. The number of nitrogens with zero attached hydrogens (tertiary/aromatic N) is 2. The summed E-state index contributed by atoms with van der Waals surface area (Å²) in [5.74, 6) is 0.412. The van der Waals surface area contributed by atoms with Gasteiger partial charge in [0.05, 0.1) is 0 Å². The third kappa shape index (κ3) is 6.70. The highest BCUT2D eigenvalue weighted by Gasteiger charge is 2.23. The molecule has 27 heavy (non-hydrogen) atoms. The lowest BCUT2D eigenvalue weighted by Gasteiger charge is -2.35. The first-order chi connectivity index (χ1) is 12.1. The van der Waals surface area contributed by atoms with Crippen LogP contribution in [0.15, 0.2) is 54.6 Å². The number of piperazine rings is 1. The van der Waals surface area contributed by atoms with Crippen LogP contribution in [0.5, 0.6) is 5.75 Å². The Morgan fingerprint density at radius 2 is 1.67 bits per heavy atom. The van der Waals surface area contributed by atoms with Crippen molar-refractivity contribution in [2.75, 3.05) is 26.2 Å². The van der Waals surface area contributed by atoms with E-state index in [1.54, 1.807) is 12.1 Å². The van der Waals surface area contributed by atoms with E-state index in [1.165, 1.54) is 0 Å². The van der Waals surface area contributed by atoms with Gasteiger partial charge in [0.25, 0.3) is 0 Å². The second kappa shape index (κ2) is 11.1. The molecule has 1 heterocycles. The molecule has 2 aromatic rings. The molecule has 0 aromatic heterocycles. The van der Waals surface area contributed by atoms with Crippen LogP contribution >= 0.6 is 24.8 Å². The molecule has 1 saturated heterocycles. The molecule has 2 aromatic carbocycles. The highest BCUT2D eigenvalue weighted by molar-refractivity contribution is 5.85. The highest BCUT2D eigenvalue weighted by Crippen LogP contribution is 2.17. The largest absolute Gasteiger partial charge is 0.508 e. The fraction of sp³-hybridized carbons (Fsp3) is 0.350. The normalized spacial score (nSPS) is 15.4. The molecular weight excluding hydrogens is 385 g/mol. The zero-order chi connectivity index (χ0) is 17.6. The Labute approximate surface area is 173 Å². The van der Waals surface area contributed by atoms with Gasteiger partial charge in [0, 0.05) is 45.2 Å². The summed E-state index contributed by atoms with van der Waals surface area (Å²) in [6.07, 6.45) is 0.344. The van der Waals surface area contributed by atoms with Crippen LogP contribution in [-0.4, -0.2) is 47.0 Å². The number of carbonyl (C=O) groups is 1. The van der Waals surface area contributed by atoms with Gasteiger partial charge in [-0.15, -0.1) is 24.8 Å². The Hall–Kier alpha value is -1.79. The highest BCUT2D eigenvalue weighted by atomic mass is 35.5. The van der Waals surface area contributed by atoms with Crippen molar-refractivity contribution in [1.82, 2.24) is 9.80 Å². The average Bonchev–Trinajstić information content (AvgIpc) is 2.63. The van der Waals surface area contributed by atoms with E-state index >= 15 is 0 Å². The summed E-state index contributed by atoms with van der Waals surface area (Å²) < 4.78 is 0. The van der Waals surface area contributed by atoms with Crippen LogP contribution in [0, 0.1) is 0 Å². The van der Waals surface area contributed by atoms with Crippen molar-refractivity contribution in [3.05, 3.63) is 65.7 Å². The summed E-state index contributed by atoms with van der Waals surface area (Å²) in [7, 11) is 0. The van der Waals surface area contributed by atoms with E-state index in [9.17, 15) is 9.90 Å². The van der Waals surface area contributed by atoms with Crippen LogP contribution in [0.2, 0.25) is 0 Å². The Balaban J connectivity index is 0.00000182. The maximum absolute atomic E-state index is 12.5. The molecule has 1 aliphatic rings. The number of amides is 1. The number of aromatic hydroxyl groups is 1. The van der Waals surface area contributed by atoms with Crippen molar-refractivity contribution < 1.29 is 9.90 Å². The van der Waals surface area contributed by atoms with Crippen LogP contribution in [0.25, 0.3) is 0 Å². The standard InChI is InChI=1S/C20H25N3O2.2ClH/c21-19(17-6-2-1-3-7-17)14-20(25)23-11-9-22(10-12-23)15-16-5-4-8-18(24)13-16;;/h1-8,13,19,24H,9-12,14-15,21H2;2*1H. The molecule has 0 radical (unpaired) electrons. The number of benzene rings is 2. The molecule has 1 atom stereocenters. The molecule has 1 aliphatic heterocycles. The van der Waals surface area contributed by atoms with Crippen molar-refractivity contribution in [1.29, 1.82) is 0 Å².